The number of thioether (sulfide) groups is 1. The second-order valence-corrected chi connectivity index (χ2v) is 7.32. The maximum Gasteiger partial charge on any atom is 0.248 e. The monoisotopic (exact) mass is 277 g/mol. The third-order valence-electron chi connectivity index (χ3n) is 4.57. The number of alkyl halides is 2. The molecule has 0 aliphatic heterocycles. The van der Waals surface area contributed by atoms with Gasteiger partial charge in [-0.2, -0.15) is 11.8 Å². The molecule has 1 atom stereocenters. The summed E-state index contributed by atoms with van der Waals surface area (Å²) in [5, 5.41) is 3.47. The summed E-state index contributed by atoms with van der Waals surface area (Å²) in [5.74, 6) is -2.23. The Morgan fingerprint density at radius 1 is 1.17 bits per heavy atom. The number of hydrogen-bond donors (Lipinski definition) is 1. The molecule has 0 saturated heterocycles. The fourth-order valence-electron chi connectivity index (χ4n) is 3.43. The van der Waals surface area contributed by atoms with Crippen LogP contribution >= 0.6 is 11.8 Å². The maximum absolute atomic E-state index is 13.3. The van der Waals surface area contributed by atoms with Crippen LogP contribution < -0.4 is 5.32 Å². The lowest BCUT2D eigenvalue weighted by Gasteiger charge is -2.31. The third-order valence-corrected chi connectivity index (χ3v) is 5.99. The van der Waals surface area contributed by atoms with Crippen molar-refractivity contribution in [2.75, 3.05) is 19.3 Å². The summed E-state index contributed by atoms with van der Waals surface area (Å²) in [4.78, 5) is 0. The van der Waals surface area contributed by atoms with Crippen molar-refractivity contribution in [1.82, 2.24) is 5.32 Å². The quantitative estimate of drug-likeness (QED) is 0.812. The van der Waals surface area contributed by atoms with Gasteiger partial charge in [0, 0.05) is 24.1 Å². The van der Waals surface area contributed by atoms with Crippen molar-refractivity contribution in [1.29, 1.82) is 0 Å². The van der Waals surface area contributed by atoms with E-state index in [0.717, 1.165) is 19.5 Å². The standard InChI is InChI=1S/C14H25F2NS/c1-18-13(6-2-3-7-13)11-17-10-12-5-4-8-14(15,16)9-12/h12,17H,2-11H2,1H3. The fourth-order valence-corrected chi connectivity index (χ4v) is 4.37. The van der Waals surface area contributed by atoms with Crippen molar-refractivity contribution in [3.05, 3.63) is 0 Å². The highest BCUT2D eigenvalue weighted by molar-refractivity contribution is 8.00. The van der Waals surface area contributed by atoms with E-state index in [1.165, 1.54) is 25.7 Å². The molecule has 0 amide bonds. The second kappa shape index (κ2) is 6.08. The molecule has 0 aromatic rings. The number of halogens is 2. The van der Waals surface area contributed by atoms with Crippen LogP contribution in [0.1, 0.15) is 51.4 Å². The lowest BCUT2D eigenvalue weighted by molar-refractivity contribution is -0.0520. The molecule has 2 saturated carbocycles. The molecule has 1 nitrogen and oxygen atoms in total. The molecule has 0 heterocycles. The zero-order chi connectivity index (χ0) is 13.1. The number of hydrogen-bond acceptors (Lipinski definition) is 2. The lowest BCUT2D eigenvalue weighted by atomic mass is 9.86. The molecule has 2 rings (SSSR count). The highest BCUT2D eigenvalue weighted by Crippen LogP contribution is 2.40. The summed E-state index contributed by atoms with van der Waals surface area (Å²) >= 11 is 1.96. The van der Waals surface area contributed by atoms with Gasteiger partial charge < -0.3 is 5.32 Å². The van der Waals surface area contributed by atoms with Gasteiger partial charge in [-0.25, -0.2) is 8.78 Å². The van der Waals surface area contributed by atoms with Crippen LogP contribution in [0, 0.1) is 5.92 Å². The minimum atomic E-state index is -2.41. The van der Waals surface area contributed by atoms with Crippen molar-refractivity contribution >= 4 is 11.8 Å². The van der Waals surface area contributed by atoms with E-state index in [1.54, 1.807) is 0 Å². The summed E-state index contributed by atoms with van der Waals surface area (Å²) in [6.07, 6.45) is 9.23. The number of rotatable bonds is 5. The zero-order valence-corrected chi connectivity index (χ0v) is 12.1. The van der Waals surface area contributed by atoms with E-state index in [-0.39, 0.29) is 18.8 Å². The van der Waals surface area contributed by atoms with E-state index in [1.807, 2.05) is 11.8 Å². The molecule has 2 fully saturated rings. The summed E-state index contributed by atoms with van der Waals surface area (Å²) in [5.41, 5.74) is 0. The average molecular weight is 277 g/mol. The molecular weight excluding hydrogens is 252 g/mol. The Morgan fingerprint density at radius 3 is 2.50 bits per heavy atom. The summed E-state index contributed by atoms with van der Waals surface area (Å²) < 4.78 is 27.0. The second-order valence-electron chi connectivity index (χ2n) is 6.04. The van der Waals surface area contributed by atoms with E-state index >= 15 is 0 Å². The Hall–Kier alpha value is 0.170. The minimum absolute atomic E-state index is 0.0896. The Balaban J connectivity index is 1.71. The van der Waals surface area contributed by atoms with Gasteiger partial charge in [-0.3, -0.25) is 0 Å². The zero-order valence-electron chi connectivity index (χ0n) is 11.3. The first kappa shape index (κ1) is 14.6. The van der Waals surface area contributed by atoms with Crippen LogP contribution in [0.2, 0.25) is 0 Å². The molecule has 4 heteroatoms. The molecule has 2 aliphatic rings. The maximum atomic E-state index is 13.3. The van der Waals surface area contributed by atoms with Crippen LogP contribution in [0.3, 0.4) is 0 Å². The normalized spacial score (nSPS) is 30.5. The lowest BCUT2D eigenvalue weighted by Crippen LogP contribution is -2.39. The third kappa shape index (κ3) is 3.83. The first-order valence-electron chi connectivity index (χ1n) is 7.19. The predicted octanol–water partition coefficient (Wildman–Crippen LogP) is 4.08. The fraction of sp³-hybridized carbons (Fsp3) is 1.00. The Morgan fingerprint density at radius 2 is 1.89 bits per heavy atom. The highest BCUT2D eigenvalue weighted by atomic mass is 32.2. The molecule has 0 spiro atoms. The summed E-state index contributed by atoms with van der Waals surface area (Å²) in [7, 11) is 0. The van der Waals surface area contributed by atoms with Crippen LogP contribution in [0.5, 0.6) is 0 Å². The summed E-state index contributed by atoms with van der Waals surface area (Å²) in [6, 6.07) is 0. The molecule has 106 valence electrons. The van der Waals surface area contributed by atoms with Gasteiger partial charge in [0.1, 0.15) is 0 Å². The first-order chi connectivity index (χ1) is 8.55. The molecule has 2 aliphatic carbocycles. The molecule has 1 N–H and O–H groups in total. The Kier molecular flexibility index (Phi) is 4.92. The Labute approximate surface area is 113 Å². The van der Waals surface area contributed by atoms with Crippen molar-refractivity contribution in [2.24, 2.45) is 5.92 Å². The molecule has 0 aromatic heterocycles. The molecule has 0 bridgehead atoms. The van der Waals surface area contributed by atoms with Gasteiger partial charge in [-0.15, -0.1) is 0 Å². The van der Waals surface area contributed by atoms with E-state index < -0.39 is 5.92 Å². The van der Waals surface area contributed by atoms with Crippen molar-refractivity contribution in [2.45, 2.75) is 62.0 Å². The molecule has 0 radical (unpaired) electrons. The average Bonchev–Trinajstić information content (AvgIpc) is 2.77. The largest absolute Gasteiger partial charge is 0.315 e. The van der Waals surface area contributed by atoms with Gasteiger partial charge in [0.05, 0.1) is 0 Å². The smallest absolute Gasteiger partial charge is 0.248 e. The van der Waals surface area contributed by atoms with Crippen molar-refractivity contribution < 1.29 is 8.78 Å². The number of nitrogens with one attached hydrogen (secondary N) is 1. The van der Waals surface area contributed by atoms with E-state index in [9.17, 15) is 8.78 Å². The molecule has 0 aromatic carbocycles. The van der Waals surface area contributed by atoms with Gasteiger partial charge in [-0.1, -0.05) is 12.8 Å². The van der Waals surface area contributed by atoms with Crippen LogP contribution in [0.15, 0.2) is 0 Å². The van der Waals surface area contributed by atoms with Gasteiger partial charge in [0.2, 0.25) is 5.92 Å². The van der Waals surface area contributed by atoms with E-state index in [4.69, 9.17) is 0 Å². The van der Waals surface area contributed by atoms with Gasteiger partial charge >= 0.3 is 0 Å². The van der Waals surface area contributed by atoms with Gasteiger partial charge in [0.15, 0.2) is 0 Å². The first-order valence-corrected chi connectivity index (χ1v) is 8.41. The van der Waals surface area contributed by atoms with E-state index in [2.05, 4.69) is 11.6 Å². The van der Waals surface area contributed by atoms with Crippen LogP contribution in [-0.4, -0.2) is 30.0 Å². The van der Waals surface area contributed by atoms with E-state index in [0.29, 0.717) is 11.2 Å². The predicted molar refractivity (Wildman–Crippen MR) is 74.5 cm³/mol. The topological polar surface area (TPSA) is 12.0 Å². The van der Waals surface area contributed by atoms with Crippen molar-refractivity contribution in [3.63, 3.8) is 0 Å². The van der Waals surface area contributed by atoms with Crippen LogP contribution in [0.25, 0.3) is 0 Å². The van der Waals surface area contributed by atoms with Gasteiger partial charge in [0.25, 0.3) is 0 Å². The summed E-state index contributed by atoms with van der Waals surface area (Å²) in [6.45, 7) is 1.77. The van der Waals surface area contributed by atoms with Gasteiger partial charge in [-0.05, 0) is 44.4 Å². The highest BCUT2D eigenvalue weighted by Gasteiger charge is 2.37. The molecular formula is C14H25F2NS. The minimum Gasteiger partial charge on any atom is -0.315 e. The molecule has 18 heavy (non-hydrogen) atoms. The van der Waals surface area contributed by atoms with Crippen LogP contribution in [0.4, 0.5) is 8.78 Å². The SMILES string of the molecule is CSC1(CNCC2CCCC(F)(F)C2)CCCC1. The van der Waals surface area contributed by atoms with Crippen LogP contribution in [-0.2, 0) is 0 Å². The molecule has 1 unspecified atom stereocenters. The Bertz CT molecular complexity index is 265. The van der Waals surface area contributed by atoms with Crippen molar-refractivity contribution in [3.8, 4) is 0 Å².